The SMILES string of the molecule is CCCNC(c1cc2cc(Cl)ccc2o1)c1cccs1. The summed E-state index contributed by atoms with van der Waals surface area (Å²) < 4.78 is 5.99. The maximum atomic E-state index is 6.04. The Balaban J connectivity index is 1.99. The van der Waals surface area contributed by atoms with Gasteiger partial charge in [-0.1, -0.05) is 24.6 Å². The van der Waals surface area contributed by atoms with Crippen LogP contribution in [0.5, 0.6) is 0 Å². The monoisotopic (exact) mass is 305 g/mol. The zero-order valence-corrected chi connectivity index (χ0v) is 12.8. The average Bonchev–Trinajstić information content (AvgIpc) is 3.08. The lowest BCUT2D eigenvalue weighted by Gasteiger charge is -2.14. The van der Waals surface area contributed by atoms with E-state index in [9.17, 15) is 0 Å². The molecular weight excluding hydrogens is 290 g/mol. The quantitative estimate of drug-likeness (QED) is 0.697. The molecule has 4 heteroatoms. The lowest BCUT2D eigenvalue weighted by Crippen LogP contribution is -2.21. The average molecular weight is 306 g/mol. The van der Waals surface area contributed by atoms with E-state index in [0.717, 1.165) is 34.7 Å². The van der Waals surface area contributed by atoms with Crippen LogP contribution in [-0.2, 0) is 0 Å². The minimum absolute atomic E-state index is 0.112. The highest BCUT2D eigenvalue weighted by molar-refractivity contribution is 7.10. The molecule has 0 aliphatic carbocycles. The minimum atomic E-state index is 0.112. The van der Waals surface area contributed by atoms with Crippen LogP contribution in [0.3, 0.4) is 0 Å². The molecule has 2 aromatic heterocycles. The number of hydrogen-bond donors (Lipinski definition) is 1. The van der Waals surface area contributed by atoms with Crippen LogP contribution in [0.25, 0.3) is 11.0 Å². The molecule has 0 amide bonds. The van der Waals surface area contributed by atoms with Gasteiger partial charge in [0, 0.05) is 15.3 Å². The van der Waals surface area contributed by atoms with Crippen LogP contribution in [0.4, 0.5) is 0 Å². The van der Waals surface area contributed by atoms with Crippen LogP contribution >= 0.6 is 22.9 Å². The Morgan fingerprint density at radius 2 is 2.20 bits per heavy atom. The zero-order valence-electron chi connectivity index (χ0n) is 11.2. The zero-order chi connectivity index (χ0) is 13.9. The fourth-order valence-electron chi connectivity index (χ4n) is 2.26. The molecule has 1 aromatic carbocycles. The molecule has 0 fully saturated rings. The van der Waals surface area contributed by atoms with Crippen LogP contribution in [0, 0.1) is 0 Å². The van der Waals surface area contributed by atoms with Crippen LogP contribution in [0.1, 0.15) is 30.0 Å². The predicted octanol–water partition coefficient (Wildman–Crippen LogP) is 5.24. The maximum Gasteiger partial charge on any atom is 0.134 e. The van der Waals surface area contributed by atoms with Crippen LogP contribution in [0.15, 0.2) is 46.2 Å². The summed E-state index contributed by atoms with van der Waals surface area (Å²) >= 11 is 7.78. The van der Waals surface area contributed by atoms with Gasteiger partial charge in [0.2, 0.25) is 0 Å². The predicted molar refractivity (Wildman–Crippen MR) is 85.7 cm³/mol. The van der Waals surface area contributed by atoms with E-state index in [-0.39, 0.29) is 6.04 Å². The van der Waals surface area contributed by atoms with Gasteiger partial charge < -0.3 is 9.73 Å². The maximum absolute atomic E-state index is 6.04. The Hall–Kier alpha value is -1.29. The molecule has 1 atom stereocenters. The van der Waals surface area contributed by atoms with E-state index in [1.165, 1.54) is 4.88 Å². The summed E-state index contributed by atoms with van der Waals surface area (Å²) in [7, 11) is 0. The van der Waals surface area contributed by atoms with Gasteiger partial charge in [-0.25, -0.2) is 0 Å². The van der Waals surface area contributed by atoms with Crippen molar-refractivity contribution >= 4 is 33.9 Å². The van der Waals surface area contributed by atoms with Crippen molar-refractivity contribution in [1.82, 2.24) is 5.32 Å². The van der Waals surface area contributed by atoms with E-state index in [2.05, 4.69) is 35.8 Å². The highest BCUT2D eigenvalue weighted by Crippen LogP contribution is 2.31. The summed E-state index contributed by atoms with van der Waals surface area (Å²) in [6, 6.07) is 12.1. The van der Waals surface area contributed by atoms with Gasteiger partial charge in [0.05, 0.1) is 0 Å². The van der Waals surface area contributed by atoms with E-state index in [0.29, 0.717) is 0 Å². The summed E-state index contributed by atoms with van der Waals surface area (Å²) in [5, 5.41) is 7.42. The molecule has 1 unspecified atom stereocenters. The van der Waals surface area contributed by atoms with Gasteiger partial charge >= 0.3 is 0 Å². The number of hydrogen-bond acceptors (Lipinski definition) is 3. The highest BCUT2D eigenvalue weighted by atomic mass is 35.5. The largest absolute Gasteiger partial charge is 0.459 e. The van der Waals surface area contributed by atoms with Gasteiger partial charge in [-0.3, -0.25) is 0 Å². The second-order valence-corrected chi connectivity index (χ2v) is 6.15. The number of fused-ring (bicyclic) bond motifs is 1. The molecule has 0 saturated carbocycles. The second kappa shape index (κ2) is 6.00. The van der Waals surface area contributed by atoms with Crippen molar-refractivity contribution in [2.75, 3.05) is 6.54 Å². The molecular formula is C16H16ClNOS. The first-order chi connectivity index (χ1) is 9.78. The molecule has 2 heterocycles. The molecule has 0 spiro atoms. The molecule has 0 aliphatic heterocycles. The van der Waals surface area contributed by atoms with Crippen LogP contribution in [-0.4, -0.2) is 6.54 Å². The van der Waals surface area contributed by atoms with E-state index in [4.69, 9.17) is 16.0 Å². The first-order valence-corrected chi connectivity index (χ1v) is 7.99. The van der Waals surface area contributed by atoms with Crippen molar-refractivity contribution in [3.63, 3.8) is 0 Å². The van der Waals surface area contributed by atoms with Gasteiger partial charge in [-0.15, -0.1) is 11.3 Å². The first kappa shape index (κ1) is 13.7. The molecule has 3 rings (SSSR count). The Kier molecular flexibility index (Phi) is 4.10. The van der Waals surface area contributed by atoms with Crippen molar-refractivity contribution in [3.8, 4) is 0 Å². The lowest BCUT2D eigenvalue weighted by atomic mass is 10.1. The van der Waals surface area contributed by atoms with Crippen molar-refractivity contribution in [2.24, 2.45) is 0 Å². The summed E-state index contributed by atoms with van der Waals surface area (Å²) in [5.74, 6) is 0.943. The van der Waals surface area contributed by atoms with E-state index < -0.39 is 0 Å². The molecule has 0 radical (unpaired) electrons. The number of furan rings is 1. The normalized spacial score (nSPS) is 12.9. The molecule has 3 aromatic rings. The number of rotatable bonds is 5. The van der Waals surface area contributed by atoms with Crippen molar-refractivity contribution in [2.45, 2.75) is 19.4 Å². The Morgan fingerprint density at radius 1 is 1.30 bits per heavy atom. The van der Waals surface area contributed by atoms with Crippen molar-refractivity contribution < 1.29 is 4.42 Å². The Labute approximate surface area is 127 Å². The van der Waals surface area contributed by atoms with Gasteiger partial charge in [-0.05, 0) is 48.7 Å². The van der Waals surface area contributed by atoms with Gasteiger partial charge in [-0.2, -0.15) is 0 Å². The van der Waals surface area contributed by atoms with Crippen molar-refractivity contribution in [3.05, 3.63) is 57.4 Å². The molecule has 0 bridgehead atoms. The summed E-state index contributed by atoms with van der Waals surface area (Å²) in [6.07, 6.45) is 1.09. The molecule has 2 nitrogen and oxygen atoms in total. The topological polar surface area (TPSA) is 25.2 Å². The Bertz CT molecular complexity index is 690. The number of thiophene rings is 1. The van der Waals surface area contributed by atoms with Crippen LogP contribution < -0.4 is 5.32 Å². The van der Waals surface area contributed by atoms with E-state index in [1.807, 2.05) is 18.2 Å². The first-order valence-electron chi connectivity index (χ1n) is 6.73. The fraction of sp³-hybridized carbons (Fsp3) is 0.250. The third-order valence-corrected chi connectivity index (χ3v) is 4.38. The van der Waals surface area contributed by atoms with Gasteiger partial charge in [0.15, 0.2) is 0 Å². The third-order valence-electron chi connectivity index (χ3n) is 3.21. The minimum Gasteiger partial charge on any atom is -0.459 e. The van der Waals surface area contributed by atoms with Gasteiger partial charge in [0.1, 0.15) is 17.4 Å². The number of halogens is 1. The summed E-state index contributed by atoms with van der Waals surface area (Å²) in [4.78, 5) is 1.27. The van der Waals surface area contributed by atoms with Gasteiger partial charge in [0.25, 0.3) is 0 Å². The van der Waals surface area contributed by atoms with E-state index >= 15 is 0 Å². The number of nitrogens with one attached hydrogen (secondary N) is 1. The van der Waals surface area contributed by atoms with Crippen molar-refractivity contribution in [1.29, 1.82) is 0 Å². The lowest BCUT2D eigenvalue weighted by molar-refractivity contribution is 0.473. The second-order valence-electron chi connectivity index (χ2n) is 4.73. The van der Waals surface area contributed by atoms with Crippen LogP contribution in [0.2, 0.25) is 5.02 Å². The molecule has 0 saturated heterocycles. The molecule has 1 N–H and O–H groups in total. The summed E-state index contributed by atoms with van der Waals surface area (Å²) in [5.41, 5.74) is 0.879. The standard InChI is InChI=1S/C16H16ClNOS/c1-2-7-18-16(15-4-3-8-20-15)14-10-11-9-12(17)5-6-13(11)19-14/h3-6,8-10,16,18H,2,7H2,1H3. The molecule has 104 valence electrons. The Morgan fingerprint density at radius 3 is 2.95 bits per heavy atom. The molecule has 20 heavy (non-hydrogen) atoms. The smallest absolute Gasteiger partial charge is 0.134 e. The summed E-state index contributed by atoms with van der Waals surface area (Å²) in [6.45, 7) is 3.12. The van der Waals surface area contributed by atoms with E-state index in [1.54, 1.807) is 11.3 Å². The number of benzene rings is 1. The fourth-order valence-corrected chi connectivity index (χ4v) is 3.25. The highest BCUT2D eigenvalue weighted by Gasteiger charge is 2.18. The molecule has 0 aliphatic rings. The third kappa shape index (κ3) is 2.75.